The fourth-order valence-corrected chi connectivity index (χ4v) is 5.04. The third-order valence-electron chi connectivity index (χ3n) is 5.67. The van der Waals surface area contributed by atoms with Gasteiger partial charge in [-0.2, -0.15) is 0 Å². The van der Waals surface area contributed by atoms with Crippen LogP contribution in [-0.4, -0.2) is 31.8 Å². The first-order valence-electron chi connectivity index (χ1n) is 10.5. The molecule has 31 heavy (non-hydrogen) atoms. The molecule has 0 bridgehead atoms. The van der Waals surface area contributed by atoms with E-state index in [1.807, 2.05) is 42.2 Å². The molecule has 5 nitrogen and oxygen atoms in total. The van der Waals surface area contributed by atoms with Crippen LogP contribution in [0.2, 0.25) is 0 Å². The molecule has 1 aliphatic heterocycles. The summed E-state index contributed by atoms with van der Waals surface area (Å²) < 4.78 is 27.9. The van der Waals surface area contributed by atoms with Crippen molar-refractivity contribution in [3.05, 3.63) is 95.6 Å². The third kappa shape index (κ3) is 4.97. The number of aryl methyl sites for hydroxylation is 1. The largest absolute Gasteiger partial charge is 0.335 e. The average molecular weight is 435 g/mol. The summed E-state index contributed by atoms with van der Waals surface area (Å²) in [6, 6.07) is 23.7. The van der Waals surface area contributed by atoms with Crippen LogP contribution in [0.5, 0.6) is 0 Å². The Bertz CT molecular complexity index is 1140. The van der Waals surface area contributed by atoms with E-state index in [0.29, 0.717) is 11.3 Å². The lowest BCUT2D eigenvalue weighted by Gasteiger charge is -2.25. The second-order valence-corrected chi connectivity index (χ2v) is 9.66. The van der Waals surface area contributed by atoms with Crippen molar-refractivity contribution in [2.24, 2.45) is 0 Å². The molecule has 0 radical (unpaired) electrons. The topological polar surface area (TPSA) is 66.5 Å². The second-order valence-electron chi connectivity index (χ2n) is 7.98. The van der Waals surface area contributed by atoms with Gasteiger partial charge in [-0.15, -0.1) is 0 Å². The molecule has 160 valence electrons. The summed E-state index contributed by atoms with van der Waals surface area (Å²) in [4.78, 5) is 15.1. The summed E-state index contributed by atoms with van der Waals surface area (Å²) in [5.41, 5.74) is 3.29. The lowest BCUT2D eigenvalue weighted by Crippen LogP contribution is -2.36. The van der Waals surface area contributed by atoms with Crippen molar-refractivity contribution in [2.75, 3.05) is 11.3 Å². The Morgan fingerprint density at radius 1 is 0.968 bits per heavy atom. The van der Waals surface area contributed by atoms with Gasteiger partial charge in [0, 0.05) is 23.8 Å². The predicted octanol–water partition coefficient (Wildman–Crippen LogP) is 4.64. The summed E-state index contributed by atoms with van der Waals surface area (Å²) in [5, 5.41) is 0. The molecule has 0 spiro atoms. The first kappa shape index (κ1) is 21.1. The van der Waals surface area contributed by atoms with Gasteiger partial charge in [0.2, 0.25) is 0 Å². The van der Waals surface area contributed by atoms with E-state index in [0.717, 1.165) is 31.4 Å². The van der Waals surface area contributed by atoms with Gasteiger partial charge in [0.25, 0.3) is 15.9 Å². The molecule has 1 aliphatic rings. The maximum atomic E-state index is 13.1. The van der Waals surface area contributed by atoms with Crippen LogP contribution in [-0.2, 0) is 16.4 Å². The van der Waals surface area contributed by atoms with Crippen molar-refractivity contribution in [2.45, 2.75) is 37.1 Å². The number of carbonyl (C=O) groups excluding carboxylic acids is 1. The van der Waals surface area contributed by atoms with Crippen molar-refractivity contribution in [3.63, 3.8) is 0 Å². The minimum absolute atomic E-state index is 0.0473. The van der Waals surface area contributed by atoms with E-state index in [4.69, 9.17) is 0 Å². The smallest absolute Gasteiger partial charge is 0.261 e. The van der Waals surface area contributed by atoms with Crippen LogP contribution in [0.15, 0.2) is 83.8 Å². The Morgan fingerprint density at radius 3 is 2.32 bits per heavy atom. The molecule has 1 saturated heterocycles. The van der Waals surface area contributed by atoms with Gasteiger partial charge in [0.1, 0.15) is 0 Å². The zero-order valence-electron chi connectivity index (χ0n) is 17.5. The van der Waals surface area contributed by atoms with E-state index in [1.54, 1.807) is 24.3 Å². The van der Waals surface area contributed by atoms with E-state index in [1.165, 1.54) is 17.7 Å². The molecule has 1 amide bonds. The van der Waals surface area contributed by atoms with Gasteiger partial charge in [-0.3, -0.25) is 9.52 Å². The number of anilines is 1. The van der Waals surface area contributed by atoms with E-state index >= 15 is 0 Å². The van der Waals surface area contributed by atoms with E-state index in [9.17, 15) is 13.2 Å². The number of nitrogens with one attached hydrogen (secondary N) is 1. The van der Waals surface area contributed by atoms with Gasteiger partial charge < -0.3 is 4.90 Å². The summed E-state index contributed by atoms with van der Waals surface area (Å²) in [6.07, 6.45) is 2.79. The van der Waals surface area contributed by atoms with Crippen LogP contribution < -0.4 is 4.72 Å². The van der Waals surface area contributed by atoms with Gasteiger partial charge >= 0.3 is 0 Å². The summed E-state index contributed by atoms with van der Waals surface area (Å²) in [7, 11) is -3.71. The molecule has 3 aromatic carbocycles. The van der Waals surface area contributed by atoms with Crippen LogP contribution in [0.1, 0.15) is 34.3 Å². The number of likely N-dealkylation sites (tertiary alicyclic amines) is 1. The number of nitrogens with zero attached hydrogens (tertiary/aromatic N) is 1. The highest BCUT2D eigenvalue weighted by Gasteiger charge is 2.29. The minimum atomic E-state index is -3.71. The third-order valence-corrected chi connectivity index (χ3v) is 7.06. The standard InChI is InChI=1S/C25H26N2O3S/c1-19-9-13-22(14-10-19)26-31(29,30)24-15-11-21(12-16-24)25(28)27-17-5-8-23(27)18-20-6-3-2-4-7-20/h2-4,6-7,9-16,23,26H,5,8,17-18H2,1H3. The highest BCUT2D eigenvalue weighted by molar-refractivity contribution is 7.92. The van der Waals surface area contributed by atoms with Crippen LogP contribution in [0, 0.1) is 6.92 Å². The number of sulfonamides is 1. The molecule has 1 atom stereocenters. The first-order chi connectivity index (χ1) is 14.9. The number of rotatable bonds is 6. The second kappa shape index (κ2) is 8.94. The van der Waals surface area contributed by atoms with Crippen molar-refractivity contribution in [3.8, 4) is 0 Å². The van der Waals surface area contributed by atoms with Crippen LogP contribution in [0.25, 0.3) is 0 Å². The molecule has 1 N–H and O–H groups in total. The maximum Gasteiger partial charge on any atom is 0.261 e. The number of benzene rings is 3. The molecular formula is C25H26N2O3S. The normalized spacial score (nSPS) is 16.3. The summed E-state index contributed by atoms with van der Waals surface area (Å²) >= 11 is 0. The van der Waals surface area contributed by atoms with Gasteiger partial charge in [-0.25, -0.2) is 8.42 Å². The fraction of sp³-hybridized carbons (Fsp3) is 0.240. The molecule has 6 heteroatoms. The predicted molar refractivity (Wildman–Crippen MR) is 123 cm³/mol. The lowest BCUT2D eigenvalue weighted by molar-refractivity contribution is 0.0736. The maximum absolute atomic E-state index is 13.1. The molecule has 1 fully saturated rings. The molecule has 1 unspecified atom stereocenters. The fourth-order valence-electron chi connectivity index (χ4n) is 3.98. The summed E-state index contributed by atoms with van der Waals surface area (Å²) in [5.74, 6) is -0.0473. The molecule has 1 heterocycles. The number of hydrogen-bond donors (Lipinski definition) is 1. The zero-order valence-corrected chi connectivity index (χ0v) is 18.3. The SMILES string of the molecule is Cc1ccc(NS(=O)(=O)c2ccc(C(=O)N3CCCC3Cc3ccccc3)cc2)cc1. The Balaban J connectivity index is 1.46. The molecular weight excluding hydrogens is 408 g/mol. The molecule has 4 rings (SSSR count). The molecule has 0 aromatic heterocycles. The Kier molecular flexibility index (Phi) is 6.09. The number of carbonyl (C=O) groups is 1. The van der Waals surface area contributed by atoms with Gasteiger partial charge in [-0.1, -0.05) is 48.0 Å². The minimum Gasteiger partial charge on any atom is -0.335 e. The molecule has 0 aliphatic carbocycles. The van der Waals surface area contributed by atoms with E-state index < -0.39 is 10.0 Å². The molecule has 0 saturated carbocycles. The van der Waals surface area contributed by atoms with E-state index in [2.05, 4.69) is 16.9 Å². The quantitative estimate of drug-likeness (QED) is 0.614. The highest BCUT2D eigenvalue weighted by Crippen LogP contribution is 2.24. The van der Waals surface area contributed by atoms with Gasteiger partial charge in [0.05, 0.1) is 4.90 Å². The number of amides is 1. The van der Waals surface area contributed by atoms with Crippen LogP contribution >= 0.6 is 0 Å². The van der Waals surface area contributed by atoms with Crippen LogP contribution in [0.3, 0.4) is 0 Å². The lowest BCUT2D eigenvalue weighted by atomic mass is 10.0. The first-order valence-corrected chi connectivity index (χ1v) is 12.0. The van der Waals surface area contributed by atoms with Gasteiger partial charge in [-0.05, 0) is 68.1 Å². The zero-order chi connectivity index (χ0) is 21.8. The van der Waals surface area contributed by atoms with Crippen molar-refractivity contribution in [1.82, 2.24) is 4.90 Å². The Hall–Kier alpha value is -3.12. The highest BCUT2D eigenvalue weighted by atomic mass is 32.2. The van der Waals surface area contributed by atoms with Crippen molar-refractivity contribution < 1.29 is 13.2 Å². The van der Waals surface area contributed by atoms with Crippen LogP contribution in [0.4, 0.5) is 5.69 Å². The van der Waals surface area contributed by atoms with Crippen molar-refractivity contribution in [1.29, 1.82) is 0 Å². The Labute approximate surface area is 183 Å². The summed E-state index contributed by atoms with van der Waals surface area (Å²) in [6.45, 7) is 2.67. The van der Waals surface area contributed by atoms with Crippen molar-refractivity contribution >= 4 is 21.6 Å². The Morgan fingerprint density at radius 2 is 1.65 bits per heavy atom. The monoisotopic (exact) mass is 434 g/mol. The van der Waals surface area contributed by atoms with E-state index in [-0.39, 0.29) is 16.8 Å². The van der Waals surface area contributed by atoms with Gasteiger partial charge in [0.15, 0.2) is 0 Å². The number of hydrogen-bond acceptors (Lipinski definition) is 3. The molecule has 3 aromatic rings. The average Bonchev–Trinajstić information content (AvgIpc) is 3.23.